The van der Waals surface area contributed by atoms with Gasteiger partial charge in [0.25, 0.3) is 0 Å². The van der Waals surface area contributed by atoms with E-state index in [1.54, 1.807) is 6.07 Å². The lowest BCUT2D eigenvalue weighted by Gasteiger charge is -2.33. The largest absolute Gasteiger partial charge is 0.378 e. The number of rotatable bonds is 6. The van der Waals surface area contributed by atoms with Crippen LogP contribution in [0.1, 0.15) is 32.3 Å². The monoisotopic (exact) mass is 299 g/mol. The van der Waals surface area contributed by atoms with E-state index < -0.39 is 0 Å². The van der Waals surface area contributed by atoms with Crippen molar-refractivity contribution in [1.29, 1.82) is 0 Å². The number of benzene rings is 1. The summed E-state index contributed by atoms with van der Waals surface area (Å²) >= 11 is 5.89. The normalized spacial score (nSPS) is 26.1. The van der Waals surface area contributed by atoms with Gasteiger partial charge in [0, 0.05) is 18.6 Å². The molecule has 1 N–H and O–H groups in total. The molecule has 1 saturated heterocycles. The molecule has 0 bridgehead atoms. The van der Waals surface area contributed by atoms with Crippen molar-refractivity contribution in [3.05, 3.63) is 34.6 Å². The number of ether oxygens (including phenoxy) is 1. The zero-order chi connectivity index (χ0) is 14.6. The highest BCUT2D eigenvalue weighted by Crippen LogP contribution is 2.38. The number of hydrogen-bond acceptors (Lipinski definition) is 2. The summed E-state index contributed by atoms with van der Waals surface area (Å²) in [6, 6.07) is 5.02. The first-order chi connectivity index (χ1) is 9.57. The lowest BCUT2D eigenvalue weighted by molar-refractivity contribution is 0.0631. The fourth-order valence-corrected chi connectivity index (χ4v) is 3.12. The molecule has 20 heavy (non-hydrogen) atoms. The van der Waals surface area contributed by atoms with Gasteiger partial charge in [-0.2, -0.15) is 0 Å². The molecule has 0 spiro atoms. The van der Waals surface area contributed by atoms with Crippen LogP contribution in [-0.2, 0) is 11.2 Å². The Balaban J connectivity index is 2.12. The van der Waals surface area contributed by atoms with Crippen molar-refractivity contribution in [2.24, 2.45) is 5.41 Å². The second kappa shape index (κ2) is 6.88. The molecule has 1 aromatic rings. The van der Waals surface area contributed by atoms with Gasteiger partial charge in [0.15, 0.2) is 0 Å². The van der Waals surface area contributed by atoms with E-state index in [9.17, 15) is 4.39 Å². The van der Waals surface area contributed by atoms with E-state index in [-0.39, 0.29) is 22.4 Å². The lowest BCUT2D eigenvalue weighted by Crippen LogP contribution is -2.41. The van der Waals surface area contributed by atoms with E-state index in [1.807, 2.05) is 6.07 Å². The minimum absolute atomic E-state index is 0.0797. The van der Waals surface area contributed by atoms with Gasteiger partial charge in [-0.25, -0.2) is 4.39 Å². The van der Waals surface area contributed by atoms with Crippen LogP contribution in [0.25, 0.3) is 0 Å². The molecule has 0 radical (unpaired) electrons. The standard InChI is InChI=1S/C16H23ClFNO/c1-3-7-19-11-16(6-8-20-12(16)2)10-13-4-5-15(18)14(17)9-13/h4-5,9,12,19H,3,6-8,10-11H2,1-2H3. The fraction of sp³-hybridized carbons (Fsp3) is 0.625. The van der Waals surface area contributed by atoms with E-state index in [4.69, 9.17) is 16.3 Å². The number of halogens is 2. The third-order valence-corrected chi connectivity index (χ3v) is 4.56. The maximum atomic E-state index is 13.3. The summed E-state index contributed by atoms with van der Waals surface area (Å²) in [5, 5.41) is 3.71. The molecule has 112 valence electrons. The number of nitrogens with one attached hydrogen (secondary N) is 1. The summed E-state index contributed by atoms with van der Waals surface area (Å²) in [5.74, 6) is -0.357. The first-order valence-corrected chi connectivity index (χ1v) is 7.71. The molecule has 2 nitrogen and oxygen atoms in total. The molecular formula is C16H23ClFNO. The van der Waals surface area contributed by atoms with Gasteiger partial charge in [-0.05, 0) is 50.4 Å². The highest BCUT2D eigenvalue weighted by Gasteiger charge is 2.41. The Labute approximate surface area is 125 Å². The van der Waals surface area contributed by atoms with Crippen LogP contribution in [0, 0.1) is 11.2 Å². The maximum Gasteiger partial charge on any atom is 0.141 e. The third-order valence-electron chi connectivity index (χ3n) is 4.27. The SMILES string of the molecule is CCCNCC1(Cc2ccc(F)c(Cl)c2)CCOC1C. The predicted molar refractivity (Wildman–Crippen MR) is 80.7 cm³/mol. The highest BCUT2D eigenvalue weighted by atomic mass is 35.5. The fourth-order valence-electron chi connectivity index (χ4n) is 2.92. The minimum Gasteiger partial charge on any atom is -0.378 e. The Morgan fingerprint density at radius 2 is 2.30 bits per heavy atom. The Bertz CT molecular complexity index is 454. The van der Waals surface area contributed by atoms with Crippen molar-refractivity contribution in [2.75, 3.05) is 19.7 Å². The van der Waals surface area contributed by atoms with E-state index in [0.29, 0.717) is 0 Å². The van der Waals surface area contributed by atoms with E-state index in [2.05, 4.69) is 19.2 Å². The Hall–Kier alpha value is -0.640. The molecule has 2 unspecified atom stereocenters. The van der Waals surface area contributed by atoms with E-state index in [1.165, 1.54) is 6.07 Å². The van der Waals surface area contributed by atoms with Gasteiger partial charge in [-0.15, -0.1) is 0 Å². The van der Waals surface area contributed by atoms with Gasteiger partial charge in [0.2, 0.25) is 0 Å². The Morgan fingerprint density at radius 3 is 2.90 bits per heavy atom. The van der Waals surface area contributed by atoms with Crippen LogP contribution in [0.3, 0.4) is 0 Å². The van der Waals surface area contributed by atoms with Crippen LogP contribution in [-0.4, -0.2) is 25.8 Å². The molecule has 2 atom stereocenters. The molecule has 1 aliphatic heterocycles. The molecule has 2 rings (SSSR count). The quantitative estimate of drug-likeness (QED) is 0.806. The average Bonchev–Trinajstić information content (AvgIpc) is 2.76. The summed E-state index contributed by atoms with van der Waals surface area (Å²) < 4.78 is 19.0. The zero-order valence-corrected chi connectivity index (χ0v) is 13.0. The van der Waals surface area contributed by atoms with Crippen LogP contribution >= 0.6 is 11.6 Å². The van der Waals surface area contributed by atoms with E-state index in [0.717, 1.165) is 44.5 Å². The molecule has 1 aliphatic rings. The van der Waals surface area contributed by atoms with Crippen molar-refractivity contribution in [3.8, 4) is 0 Å². The summed E-state index contributed by atoms with van der Waals surface area (Å²) in [5.41, 5.74) is 1.16. The van der Waals surface area contributed by atoms with Crippen LogP contribution in [0.5, 0.6) is 0 Å². The topological polar surface area (TPSA) is 21.3 Å². The van der Waals surface area contributed by atoms with Gasteiger partial charge in [0.1, 0.15) is 5.82 Å². The highest BCUT2D eigenvalue weighted by molar-refractivity contribution is 6.30. The summed E-state index contributed by atoms with van der Waals surface area (Å²) in [7, 11) is 0. The van der Waals surface area contributed by atoms with Crippen LogP contribution in [0.15, 0.2) is 18.2 Å². The van der Waals surface area contributed by atoms with Gasteiger partial charge >= 0.3 is 0 Å². The van der Waals surface area contributed by atoms with Crippen LogP contribution in [0.4, 0.5) is 4.39 Å². The summed E-state index contributed by atoms with van der Waals surface area (Å²) in [6.07, 6.45) is 3.22. The Morgan fingerprint density at radius 1 is 1.50 bits per heavy atom. The summed E-state index contributed by atoms with van der Waals surface area (Å²) in [6.45, 7) is 7.03. The second-order valence-corrected chi connectivity index (χ2v) is 6.13. The number of hydrogen-bond donors (Lipinski definition) is 1. The first-order valence-electron chi connectivity index (χ1n) is 7.33. The smallest absolute Gasteiger partial charge is 0.141 e. The van der Waals surface area contributed by atoms with Crippen molar-refractivity contribution in [1.82, 2.24) is 5.32 Å². The second-order valence-electron chi connectivity index (χ2n) is 5.73. The van der Waals surface area contributed by atoms with Gasteiger partial charge < -0.3 is 10.1 Å². The van der Waals surface area contributed by atoms with Crippen LogP contribution in [0.2, 0.25) is 5.02 Å². The van der Waals surface area contributed by atoms with Gasteiger partial charge in [0.05, 0.1) is 11.1 Å². The molecule has 1 heterocycles. The zero-order valence-electron chi connectivity index (χ0n) is 12.2. The first kappa shape index (κ1) is 15.7. The molecule has 1 aromatic carbocycles. The molecular weight excluding hydrogens is 277 g/mol. The molecule has 1 fully saturated rings. The molecule has 0 aromatic heterocycles. The van der Waals surface area contributed by atoms with Crippen molar-refractivity contribution < 1.29 is 9.13 Å². The lowest BCUT2D eigenvalue weighted by atomic mass is 9.76. The molecule has 0 aliphatic carbocycles. The Kier molecular flexibility index (Phi) is 5.42. The predicted octanol–water partition coefficient (Wildman–Crippen LogP) is 3.82. The molecule has 0 amide bonds. The van der Waals surface area contributed by atoms with Crippen molar-refractivity contribution >= 4 is 11.6 Å². The van der Waals surface area contributed by atoms with Gasteiger partial charge in [-0.3, -0.25) is 0 Å². The third kappa shape index (κ3) is 3.51. The average molecular weight is 300 g/mol. The van der Waals surface area contributed by atoms with Crippen molar-refractivity contribution in [2.45, 2.75) is 39.2 Å². The molecule has 4 heteroatoms. The summed E-state index contributed by atoms with van der Waals surface area (Å²) in [4.78, 5) is 0. The maximum absolute atomic E-state index is 13.3. The van der Waals surface area contributed by atoms with E-state index >= 15 is 0 Å². The van der Waals surface area contributed by atoms with Gasteiger partial charge in [-0.1, -0.05) is 24.6 Å². The molecule has 0 saturated carbocycles. The van der Waals surface area contributed by atoms with Crippen molar-refractivity contribution in [3.63, 3.8) is 0 Å². The minimum atomic E-state index is -0.357. The van der Waals surface area contributed by atoms with Crippen LogP contribution < -0.4 is 5.32 Å².